The van der Waals surface area contributed by atoms with Crippen molar-refractivity contribution >= 4 is 5.78 Å². The normalized spacial score (nSPS) is 15.8. The van der Waals surface area contributed by atoms with E-state index in [9.17, 15) is 20.1 Å². The second-order valence-electron chi connectivity index (χ2n) is 34.7. The third-order valence-corrected chi connectivity index (χ3v) is 22.5. The second-order valence-corrected chi connectivity index (χ2v) is 34.7. The van der Waals surface area contributed by atoms with Gasteiger partial charge < -0.3 is 55.8 Å². The van der Waals surface area contributed by atoms with Crippen LogP contribution in [0, 0.1) is 58.3 Å². The minimum atomic E-state index is -0.0403. The Bertz CT molecular complexity index is 5220. The predicted octanol–water partition coefficient (Wildman–Crippen LogP) is 27.4. The molecule has 123 heavy (non-hydrogen) atoms. The molecule has 16 rings (SSSR count). The number of rotatable bonds is 11. The van der Waals surface area contributed by atoms with E-state index in [0.29, 0.717) is 50.9 Å². The van der Waals surface area contributed by atoms with Crippen LogP contribution in [0.1, 0.15) is 176 Å². The molecule has 0 amide bonds. The summed E-state index contributed by atoms with van der Waals surface area (Å²) in [6.45, 7) is 28.8. The molecular formula is C111H120O12. The topological polar surface area (TPSA) is 229 Å². The summed E-state index contributed by atoms with van der Waals surface area (Å²) in [6, 6.07) is 105. The highest BCUT2D eigenvalue weighted by molar-refractivity contribution is 6.09. The average molecular weight is 1650 g/mol. The van der Waals surface area contributed by atoms with Gasteiger partial charge in [0.15, 0.2) is 5.78 Å². The summed E-state index contributed by atoms with van der Waals surface area (Å²) in [5, 5.41) is 90.7. The Morgan fingerprint density at radius 3 is 0.919 bits per heavy atom. The van der Waals surface area contributed by atoms with Gasteiger partial charge in [-0.05, 0) is 287 Å². The number of ether oxygens (including phenoxy) is 1. The lowest BCUT2D eigenvalue weighted by molar-refractivity contribution is 0.103. The minimum Gasteiger partial charge on any atom is -0.508 e. The summed E-state index contributed by atoms with van der Waals surface area (Å²) in [5.74, 6) is 4.41. The quantitative estimate of drug-likeness (QED) is 0.0431. The zero-order valence-corrected chi connectivity index (χ0v) is 73.1. The molecule has 0 saturated heterocycles. The molecule has 0 heterocycles. The van der Waals surface area contributed by atoms with E-state index in [1.54, 1.807) is 66.7 Å². The summed E-state index contributed by atoms with van der Waals surface area (Å²) in [6.07, 6.45) is 8.49. The molecule has 0 spiro atoms. The van der Waals surface area contributed by atoms with Crippen LogP contribution in [0.3, 0.4) is 0 Å². The van der Waals surface area contributed by atoms with Gasteiger partial charge in [0.05, 0.1) is 0 Å². The van der Waals surface area contributed by atoms with Gasteiger partial charge in [-0.15, -0.1) is 0 Å². The van der Waals surface area contributed by atoms with E-state index >= 15 is 0 Å². The number of ketones is 1. The minimum absolute atomic E-state index is 0.0278. The summed E-state index contributed by atoms with van der Waals surface area (Å²) >= 11 is 0. The maximum absolute atomic E-state index is 12.0. The van der Waals surface area contributed by atoms with E-state index in [0.717, 1.165) is 35.5 Å². The average Bonchev–Trinajstić information content (AvgIpc) is 0.750. The van der Waals surface area contributed by atoms with Gasteiger partial charge in [0.2, 0.25) is 0 Å². The molecule has 636 valence electrons. The van der Waals surface area contributed by atoms with Gasteiger partial charge in [0, 0.05) is 33.4 Å². The Kier molecular flexibility index (Phi) is 32.8. The Morgan fingerprint density at radius 1 is 0.301 bits per heavy atom. The van der Waals surface area contributed by atoms with Crippen molar-refractivity contribution in [1.29, 1.82) is 0 Å². The number of hydrogen-bond donors (Lipinski definition) is 10. The molecule has 0 radical (unpaired) electrons. The third kappa shape index (κ3) is 28.3. The monoisotopic (exact) mass is 1640 g/mol. The molecule has 12 heteroatoms. The fourth-order valence-corrected chi connectivity index (χ4v) is 16.1. The lowest BCUT2D eigenvalue weighted by Crippen LogP contribution is -2.41. The summed E-state index contributed by atoms with van der Waals surface area (Å²) in [7, 11) is 0. The van der Waals surface area contributed by atoms with Crippen molar-refractivity contribution < 1.29 is 60.6 Å². The maximum Gasteiger partial charge on any atom is 0.193 e. The first-order chi connectivity index (χ1) is 58.4. The molecule has 2 aliphatic carbocycles. The van der Waals surface area contributed by atoms with Crippen LogP contribution in [0.15, 0.2) is 340 Å². The Morgan fingerprint density at radius 2 is 0.561 bits per heavy atom. The van der Waals surface area contributed by atoms with Crippen LogP contribution in [0.4, 0.5) is 0 Å². The van der Waals surface area contributed by atoms with E-state index in [1.807, 2.05) is 111 Å². The number of phenolic OH excluding ortho intramolecular Hbond substituents is 10. The van der Waals surface area contributed by atoms with Crippen molar-refractivity contribution in [3.05, 3.63) is 418 Å². The van der Waals surface area contributed by atoms with Gasteiger partial charge in [-0.2, -0.15) is 0 Å². The number of aromatic hydroxyl groups is 10. The smallest absolute Gasteiger partial charge is 0.193 e. The third-order valence-electron chi connectivity index (χ3n) is 22.5. The molecule has 2 fully saturated rings. The van der Waals surface area contributed by atoms with Gasteiger partial charge in [0.25, 0.3) is 0 Å². The van der Waals surface area contributed by atoms with E-state index in [2.05, 4.69) is 197 Å². The van der Waals surface area contributed by atoms with Crippen LogP contribution in [-0.2, 0) is 16.2 Å². The van der Waals surface area contributed by atoms with E-state index < -0.39 is 0 Å². The standard InChI is InChI=1S/C22H28O.C21H26O.C16H18O.C14H12O2.C13H12O2.C13H12O.2C6H6O2/c1-16-5-7-18(8-6-16)22(19-9-11-20(23)12-10-19)14-17(2)13-21(3,4)15-22;1-16-5-7-17(8-6-16)21(14-4-13-20(2,3)15-21)18-9-11-19(22)12-10-18;1-12-4-6-13(7-5-12)16(2,3)14-8-10-15(17)11-9-14;1-10-2-4-11(5-3-10)14(16)12-6-8-13(15)9-7-12;1-10-2-6-12(7-3-10)15-13-8-4-11(14)5-9-13;1-10-2-4-11(5-3-10)12-6-8-13(14)9-7-12;7-5-1-2-6(8)4-3-5;7-5-2-1-3-6(8)4-5/h5-12,17,23H,13-15H2,1-4H3;5-12,22H,4,13-15H2,1-3H3;4-11,17H,1-3H3;2-9,15H,1H3;2-9,14H,1H3;2-9,14H,1H3;2*1-4,7-8H. The fourth-order valence-electron chi connectivity index (χ4n) is 16.1. The molecule has 3 unspecified atom stereocenters. The van der Waals surface area contributed by atoms with Crippen LogP contribution in [-0.4, -0.2) is 56.8 Å². The van der Waals surface area contributed by atoms with Crippen molar-refractivity contribution in [3.8, 4) is 80.1 Å². The first kappa shape index (κ1) is 93.4. The Labute approximate surface area is 727 Å². The van der Waals surface area contributed by atoms with Gasteiger partial charge in [-0.25, -0.2) is 0 Å². The molecule has 2 saturated carbocycles. The van der Waals surface area contributed by atoms with Crippen molar-refractivity contribution in [2.75, 3.05) is 0 Å². The number of hydrogen-bond acceptors (Lipinski definition) is 12. The number of carbonyl (C=O) groups is 1. The number of phenols is 10. The first-order valence-corrected chi connectivity index (χ1v) is 41.8. The van der Waals surface area contributed by atoms with Crippen LogP contribution in [0.5, 0.6) is 69.0 Å². The zero-order valence-electron chi connectivity index (χ0n) is 73.1. The summed E-state index contributed by atoms with van der Waals surface area (Å²) in [5.41, 5.74) is 19.7. The largest absolute Gasteiger partial charge is 0.508 e. The van der Waals surface area contributed by atoms with Crippen molar-refractivity contribution in [1.82, 2.24) is 0 Å². The number of benzene rings is 14. The molecule has 2 aliphatic rings. The summed E-state index contributed by atoms with van der Waals surface area (Å²) in [4.78, 5) is 12.0. The first-order valence-electron chi connectivity index (χ1n) is 41.8. The molecule has 0 aliphatic heterocycles. The molecule has 0 bridgehead atoms. The maximum atomic E-state index is 12.0. The molecule has 0 aromatic heterocycles. The molecule has 12 nitrogen and oxygen atoms in total. The van der Waals surface area contributed by atoms with Crippen LogP contribution < -0.4 is 4.74 Å². The Balaban J connectivity index is 0.000000163. The highest BCUT2D eigenvalue weighted by Gasteiger charge is 2.46. The van der Waals surface area contributed by atoms with Crippen LogP contribution in [0.2, 0.25) is 0 Å². The van der Waals surface area contributed by atoms with Crippen molar-refractivity contribution in [2.45, 2.75) is 151 Å². The van der Waals surface area contributed by atoms with Gasteiger partial charge in [-0.3, -0.25) is 4.79 Å². The van der Waals surface area contributed by atoms with Gasteiger partial charge in [-0.1, -0.05) is 276 Å². The van der Waals surface area contributed by atoms with Gasteiger partial charge >= 0.3 is 0 Å². The highest BCUT2D eigenvalue weighted by atomic mass is 16.5. The summed E-state index contributed by atoms with van der Waals surface area (Å²) < 4.78 is 5.58. The molecule has 14 aromatic rings. The SMILES string of the molecule is Cc1ccc(-c2ccc(O)cc2)cc1.Cc1ccc(C(=O)c2ccc(O)cc2)cc1.Cc1ccc(C(C)(C)c2ccc(O)cc2)cc1.Cc1ccc(C2(c3ccc(O)cc3)CC(C)CC(C)(C)C2)cc1.Cc1ccc(C2(c3ccc(O)cc3)CCCC(C)(C)C2)cc1.Cc1ccc(Oc2ccc(O)cc2)cc1.Oc1ccc(O)cc1.Oc1cccc(O)c1. The molecular weight excluding hydrogens is 1530 g/mol. The number of carbonyl (C=O) groups excluding carboxylic acids is 1. The number of aryl methyl sites for hydroxylation is 6. The van der Waals surface area contributed by atoms with Crippen LogP contribution in [0.25, 0.3) is 11.1 Å². The Hall–Kier alpha value is -13.5. The van der Waals surface area contributed by atoms with Crippen molar-refractivity contribution in [3.63, 3.8) is 0 Å². The highest BCUT2D eigenvalue weighted by Crippen LogP contribution is 2.55. The second kappa shape index (κ2) is 43.2. The molecule has 10 N–H and O–H groups in total. The lowest BCUT2D eigenvalue weighted by atomic mass is 9.55. The predicted molar refractivity (Wildman–Crippen MR) is 500 cm³/mol. The lowest BCUT2D eigenvalue weighted by Gasteiger charge is -2.48. The van der Waals surface area contributed by atoms with E-state index in [1.165, 1.54) is 153 Å². The fraction of sp³-hybridized carbons (Fsp3) is 0.234. The van der Waals surface area contributed by atoms with Crippen molar-refractivity contribution in [2.24, 2.45) is 16.7 Å². The van der Waals surface area contributed by atoms with E-state index in [-0.39, 0.29) is 56.5 Å². The van der Waals surface area contributed by atoms with Crippen LogP contribution >= 0.6 is 0 Å². The molecule has 14 aromatic carbocycles. The zero-order chi connectivity index (χ0) is 89.1. The molecule has 3 atom stereocenters. The van der Waals surface area contributed by atoms with Gasteiger partial charge in [0.1, 0.15) is 69.0 Å². The van der Waals surface area contributed by atoms with E-state index in [4.69, 9.17) is 40.5 Å².